The Hall–Kier alpha value is -0.280. The summed E-state index contributed by atoms with van der Waals surface area (Å²) in [5, 5.41) is 6.28. The average Bonchev–Trinajstić information content (AvgIpc) is 2.41. The first-order valence-electron chi connectivity index (χ1n) is 3.83. The van der Waals surface area contributed by atoms with E-state index in [2.05, 4.69) is 10.6 Å². The van der Waals surface area contributed by atoms with Gasteiger partial charge in [-0.3, -0.25) is 4.79 Å². The van der Waals surface area contributed by atoms with E-state index < -0.39 is 0 Å². The van der Waals surface area contributed by atoms with Gasteiger partial charge in [-0.1, -0.05) is 6.92 Å². The number of hydrogen-bond donors (Lipinski definition) is 2. The number of carbonyl (C=O) groups excluding carboxylic acids is 1. The Morgan fingerprint density at radius 3 is 2.91 bits per heavy atom. The molecule has 11 heavy (non-hydrogen) atoms. The Kier molecular flexibility index (Phi) is 2.40. The third-order valence-electron chi connectivity index (χ3n) is 2.55. The van der Waals surface area contributed by atoms with Crippen molar-refractivity contribution >= 4 is 18.3 Å². The largest absolute Gasteiger partial charge is 0.351 e. The van der Waals surface area contributed by atoms with Gasteiger partial charge in [0.25, 0.3) is 0 Å². The second-order valence-corrected chi connectivity index (χ2v) is 3.17. The molecule has 3 unspecified atom stereocenters. The highest BCUT2D eigenvalue weighted by molar-refractivity contribution is 5.85. The van der Waals surface area contributed by atoms with Crippen LogP contribution in [0.15, 0.2) is 0 Å². The summed E-state index contributed by atoms with van der Waals surface area (Å²) < 4.78 is 0. The van der Waals surface area contributed by atoms with E-state index in [4.69, 9.17) is 0 Å². The fraction of sp³-hybridized carbons (Fsp3) is 0.857. The van der Waals surface area contributed by atoms with Crippen LogP contribution in [0.2, 0.25) is 0 Å². The third kappa shape index (κ3) is 1.23. The van der Waals surface area contributed by atoms with Gasteiger partial charge in [0.05, 0.1) is 5.92 Å². The van der Waals surface area contributed by atoms with Gasteiger partial charge in [0, 0.05) is 12.1 Å². The van der Waals surface area contributed by atoms with Crippen LogP contribution in [0.5, 0.6) is 0 Å². The molecular weight excluding hydrogens is 164 g/mol. The first-order valence-corrected chi connectivity index (χ1v) is 3.83. The molecule has 0 aliphatic carbocycles. The maximum atomic E-state index is 11.0. The van der Waals surface area contributed by atoms with Gasteiger partial charge in [0.2, 0.25) is 5.91 Å². The highest BCUT2D eigenvalue weighted by Crippen LogP contribution is 2.21. The second kappa shape index (κ2) is 2.99. The van der Waals surface area contributed by atoms with E-state index in [1.165, 1.54) is 0 Å². The van der Waals surface area contributed by atoms with Crippen molar-refractivity contribution in [2.24, 2.45) is 5.92 Å². The zero-order valence-corrected chi connectivity index (χ0v) is 7.28. The molecule has 0 radical (unpaired) electrons. The van der Waals surface area contributed by atoms with Gasteiger partial charge in [-0.25, -0.2) is 0 Å². The number of amides is 1. The predicted octanol–water partition coefficient (Wildman–Crippen LogP) is -0.0954. The monoisotopic (exact) mass is 176 g/mol. The first kappa shape index (κ1) is 8.81. The Bertz CT molecular complexity index is 174. The molecule has 2 aliphatic rings. The van der Waals surface area contributed by atoms with Crippen molar-refractivity contribution in [1.29, 1.82) is 0 Å². The molecule has 2 N–H and O–H groups in total. The number of carbonyl (C=O) groups is 1. The molecule has 2 rings (SSSR count). The van der Waals surface area contributed by atoms with Gasteiger partial charge in [-0.15, -0.1) is 12.4 Å². The second-order valence-electron chi connectivity index (χ2n) is 3.17. The van der Waals surface area contributed by atoms with Crippen LogP contribution in [-0.2, 0) is 4.79 Å². The van der Waals surface area contributed by atoms with Crippen LogP contribution in [0.1, 0.15) is 13.3 Å². The average molecular weight is 177 g/mol. The molecule has 3 nitrogen and oxygen atoms in total. The highest BCUT2D eigenvalue weighted by atomic mass is 35.5. The summed E-state index contributed by atoms with van der Waals surface area (Å²) >= 11 is 0. The lowest BCUT2D eigenvalue weighted by Gasteiger charge is -2.09. The van der Waals surface area contributed by atoms with Crippen molar-refractivity contribution in [3.63, 3.8) is 0 Å². The normalized spacial score (nSPS) is 41.2. The van der Waals surface area contributed by atoms with Gasteiger partial charge >= 0.3 is 0 Å². The van der Waals surface area contributed by atoms with Crippen LogP contribution in [0.3, 0.4) is 0 Å². The Balaban J connectivity index is 0.000000605. The summed E-state index contributed by atoms with van der Waals surface area (Å²) in [6, 6.07) is 0.829. The lowest BCUT2D eigenvalue weighted by atomic mass is 10.0. The minimum absolute atomic E-state index is 0. The molecule has 2 aliphatic heterocycles. The van der Waals surface area contributed by atoms with E-state index in [0.29, 0.717) is 12.1 Å². The van der Waals surface area contributed by atoms with Gasteiger partial charge < -0.3 is 10.6 Å². The summed E-state index contributed by atoms with van der Waals surface area (Å²) in [6.45, 7) is 3.04. The molecule has 0 aromatic heterocycles. The standard InChI is InChI=1S/C7H12N2O.ClH/c1-4-6-5(2-3-8-6)9-7(4)10;/h4-6,8H,2-3H2,1H3,(H,9,10);1H. The molecule has 0 aromatic rings. The molecule has 2 heterocycles. The highest BCUT2D eigenvalue weighted by Gasteiger charge is 2.41. The van der Waals surface area contributed by atoms with E-state index in [0.717, 1.165) is 13.0 Å². The molecule has 2 fully saturated rings. The van der Waals surface area contributed by atoms with Gasteiger partial charge in [-0.2, -0.15) is 0 Å². The van der Waals surface area contributed by atoms with Crippen molar-refractivity contribution in [1.82, 2.24) is 10.6 Å². The van der Waals surface area contributed by atoms with Crippen molar-refractivity contribution in [2.75, 3.05) is 6.54 Å². The van der Waals surface area contributed by atoms with Crippen LogP contribution in [-0.4, -0.2) is 24.5 Å². The number of nitrogens with one attached hydrogen (secondary N) is 2. The quantitative estimate of drug-likeness (QED) is 0.542. The van der Waals surface area contributed by atoms with Crippen molar-refractivity contribution < 1.29 is 4.79 Å². The summed E-state index contributed by atoms with van der Waals surface area (Å²) in [5.74, 6) is 0.384. The molecule has 3 atom stereocenters. The number of hydrogen-bond acceptors (Lipinski definition) is 2. The zero-order valence-electron chi connectivity index (χ0n) is 6.46. The van der Waals surface area contributed by atoms with Crippen molar-refractivity contribution in [2.45, 2.75) is 25.4 Å². The summed E-state index contributed by atoms with van der Waals surface area (Å²) in [5.41, 5.74) is 0. The van der Waals surface area contributed by atoms with Crippen LogP contribution < -0.4 is 10.6 Å². The molecular formula is C7H13ClN2O. The first-order chi connectivity index (χ1) is 4.79. The fourth-order valence-corrected chi connectivity index (χ4v) is 1.89. The molecule has 0 bridgehead atoms. The fourth-order valence-electron chi connectivity index (χ4n) is 1.89. The SMILES string of the molecule is CC1C(=O)NC2CCNC21.Cl. The zero-order chi connectivity index (χ0) is 7.14. The minimum Gasteiger partial charge on any atom is -0.351 e. The van der Waals surface area contributed by atoms with Crippen LogP contribution >= 0.6 is 12.4 Å². The van der Waals surface area contributed by atoms with Gasteiger partial charge in [0.1, 0.15) is 0 Å². The summed E-state index contributed by atoms with van der Waals surface area (Å²) in [6.07, 6.45) is 1.10. The maximum Gasteiger partial charge on any atom is 0.224 e. The molecule has 0 aromatic carbocycles. The van der Waals surface area contributed by atoms with E-state index >= 15 is 0 Å². The lowest BCUT2D eigenvalue weighted by Crippen LogP contribution is -2.32. The van der Waals surface area contributed by atoms with Crippen LogP contribution in [0.4, 0.5) is 0 Å². The number of rotatable bonds is 0. The predicted molar refractivity (Wildman–Crippen MR) is 44.8 cm³/mol. The van der Waals surface area contributed by atoms with Crippen LogP contribution in [0, 0.1) is 5.92 Å². The van der Waals surface area contributed by atoms with E-state index in [9.17, 15) is 4.79 Å². The minimum atomic E-state index is 0. The Morgan fingerprint density at radius 2 is 2.27 bits per heavy atom. The summed E-state index contributed by atoms with van der Waals surface area (Å²) in [7, 11) is 0. The van der Waals surface area contributed by atoms with Crippen molar-refractivity contribution in [3.8, 4) is 0 Å². The van der Waals surface area contributed by atoms with E-state index in [-0.39, 0.29) is 24.2 Å². The molecule has 0 spiro atoms. The third-order valence-corrected chi connectivity index (χ3v) is 2.55. The maximum absolute atomic E-state index is 11.0. The summed E-state index contributed by atoms with van der Waals surface area (Å²) in [4.78, 5) is 11.0. The van der Waals surface area contributed by atoms with Crippen molar-refractivity contribution in [3.05, 3.63) is 0 Å². The smallest absolute Gasteiger partial charge is 0.224 e. The molecule has 4 heteroatoms. The molecule has 64 valence electrons. The number of fused-ring (bicyclic) bond motifs is 1. The van der Waals surface area contributed by atoms with E-state index in [1.807, 2.05) is 6.92 Å². The lowest BCUT2D eigenvalue weighted by molar-refractivity contribution is -0.122. The van der Waals surface area contributed by atoms with Gasteiger partial charge in [-0.05, 0) is 13.0 Å². The topological polar surface area (TPSA) is 41.1 Å². The Labute approximate surface area is 72.3 Å². The van der Waals surface area contributed by atoms with Gasteiger partial charge in [0.15, 0.2) is 0 Å². The molecule has 1 amide bonds. The van der Waals surface area contributed by atoms with E-state index in [1.54, 1.807) is 0 Å². The Morgan fingerprint density at radius 1 is 1.55 bits per heavy atom. The molecule has 2 saturated heterocycles. The number of halogens is 1. The van der Waals surface area contributed by atoms with Crippen LogP contribution in [0.25, 0.3) is 0 Å². The molecule has 0 saturated carbocycles.